The Bertz CT molecular complexity index is 1270. The molecule has 1 aliphatic rings. The van der Waals surface area contributed by atoms with Gasteiger partial charge in [-0.3, -0.25) is 14.6 Å². The Morgan fingerprint density at radius 1 is 1.03 bits per heavy atom. The Balaban J connectivity index is 1.59. The Kier molecular flexibility index (Phi) is 7.35. The van der Waals surface area contributed by atoms with Crippen LogP contribution in [0.2, 0.25) is 0 Å². The van der Waals surface area contributed by atoms with Crippen molar-refractivity contribution in [1.29, 1.82) is 0 Å². The van der Waals surface area contributed by atoms with Gasteiger partial charge in [0.15, 0.2) is 0 Å². The molecular weight excluding hydrogens is 471 g/mol. The van der Waals surface area contributed by atoms with Crippen LogP contribution >= 0.6 is 0 Å². The number of nitrogens with two attached hydrogens (primary N) is 1. The summed E-state index contributed by atoms with van der Waals surface area (Å²) in [5.41, 5.74) is 6.15. The second-order valence-corrected chi connectivity index (χ2v) is 9.08. The van der Waals surface area contributed by atoms with E-state index in [4.69, 9.17) is 5.73 Å². The molecule has 36 heavy (non-hydrogen) atoms. The van der Waals surface area contributed by atoms with E-state index in [2.05, 4.69) is 20.6 Å². The summed E-state index contributed by atoms with van der Waals surface area (Å²) in [6.45, 7) is 3.47. The fourth-order valence-electron chi connectivity index (χ4n) is 4.85. The number of amides is 2. The van der Waals surface area contributed by atoms with Crippen LogP contribution < -0.4 is 16.4 Å². The number of hydrogen-bond donors (Lipinski definition) is 3. The van der Waals surface area contributed by atoms with E-state index in [0.29, 0.717) is 12.1 Å². The van der Waals surface area contributed by atoms with Crippen LogP contribution in [0.4, 0.5) is 18.9 Å². The summed E-state index contributed by atoms with van der Waals surface area (Å²) in [5, 5.41) is 5.65. The Morgan fingerprint density at radius 3 is 2.42 bits per heavy atom. The molecule has 188 valence electrons. The fourth-order valence-corrected chi connectivity index (χ4v) is 4.85. The van der Waals surface area contributed by atoms with E-state index >= 15 is 0 Å². The monoisotopic (exact) mass is 497 g/mol. The van der Waals surface area contributed by atoms with Crippen molar-refractivity contribution in [2.24, 2.45) is 11.7 Å². The van der Waals surface area contributed by atoms with E-state index in [1.54, 1.807) is 12.3 Å². The molecule has 1 saturated carbocycles. The van der Waals surface area contributed by atoms with Crippen molar-refractivity contribution in [3.63, 3.8) is 0 Å². The molecule has 10 heteroatoms. The largest absolute Gasteiger partial charge is 0.352 e. The fraction of sp³-hybridized carbons (Fsp3) is 0.308. The molecule has 0 aliphatic heterocycles. The van der Waals surface area contributed by atoms with Gasteiger partial charge in [0.2, 0.25) is 5.91 Å². The third kappa shape index (κ3) is 5.23. The molecule has 2 amide bonds. The molecule has 4 unspecified atom stereocenters. The van der Waals surface area contributed by atoms with Gasteiger partial charge in [-0.2, -0.15) is 0 Å². The SMILES string of the molecule is CC(=O)NC1C(C)CC(c2ccncc2NC(=O)c2ccc(F)c(-c3c(F)cccc3F)n2)CC1N. The zero-order valence-corrected chi connectivity index (χ0v) is 19.8. The summed E-state index contributed by atoms with van der Waals surface area (Å²) in [6.07, 6.45) is 4.39. The van der Waals surface area contributed by atoms with Crippen LogP contribution in [0.5, 0.6) is 0 Å². The minimum atomic E-state index is -0.992. The van der Waals surface area contributed by atoms with Gasteiger partial charge in [-0.15, -0.1) is 0 Å². The number of carbonyl (C=O) groups excluding carboxylic acids is 2. The number of nitrogens with zero attached hydrogens (tertiary/aromatic N) is 2. The van der Waals surface area contributed by atoms with Gasteiger partial charge >= 0.3 is 0 Å². The van der Waals surface area contributed by atoms with Crippen molar-refractivity contribution < 1.29 is 22.8 Å². The van der Waals surface area contributed by atoms with E-state index in [1.165, 1.54) is 13.1 Å². The summed E-state index contributed by atoms with van der Waals surface area (Å²) in [6, 6.07) is 6.56. The molecule has 1 aliphatic carbocycles. The predicted octanol–water partition coefficient (Wildman–Crippen LogP) is 4.16. The topological polar surface area (TPSA) is 110 Å². The van der Waals surface area contributed by atoms with Gasteiger partial charge in [0.25, 0.3) is 5.91 Å². The zero-order chi connectivity index (χ0) is 26.0. The molecule has 4 N–H and O–H groups in total. The van der Waals surface area contributed by atoms with Crippen LogP contribution in [0.1, 0.15) is 48.7 Å². The van der Waals surface area contributed by atoms with Gasteiger partial charge in [0.1, 0.15) is 28.8 Å². The van der Waals surface area contributed by atoms with Gasteiger partial charge in [-0.25, -0.2) is 18.2 Å². The van der Waals surface area contributed by atoms with Crippen LogP contribution in [-0.2, 0) is 4.79 Å². The zero-order valence-electron chi connectivity index (χ0n) is 19.8. The maximum atomic E-state index is 14.4. The first-order valence-corrected chi connectivity index (χ1v) is 11.5. The lowest BCUT2D eigenvalue weighted by atomic mass is 9.73. The Labute approximate surface area is 206 Å². The summed E-state index contributed by atoms with van der Waals surface area (Å²) in [4.78, 5) is 32.6. The first-order valence-electron chi connectivity index (χ1n) is 11.5. The van der Waals surface area contributed by atoms with Crippen molar-refractivity contribution in [3.05, 3.63) is 77.5 Å². The lowest BCUT2D eigenvalue weighted by Gasteiger charge is -2.39. The second kappa shape index (κ2) is 10.4. The summed E-state index contributed by atoms with van der Waals surface area (Å²) in [5.74, 6) is -3.69. The quantitative estimate of drug-likeness (QED) is 0.490. The normalized spacial score (nSPS) is 21.6. The number of hydrogen-bond acceptors (Lipinski definition) is 5. The minimum Gasteiger partial charge on any atom is -0.352 e. The van der Waals surface area contributed by atoms with Crippen molar-refractivity contribution in [2.45, 2.75) is 44.7 Å². The first kappa shape index (κ1) is 25.3. The number of nitrogens with one attached hydrogen (secondary N) is 2. The van der Waals surface area contributed by atoms with Crippen LogP contribution in [0.3, 0.4) is 0 Å². The maximum absolute atomic E-state index is 14.4. The highest BCUT2D eigenvalue weighted by molar-refractivity contribution is 6.03. The second-order valence-electron chi connectivity index (χ2n) is 9.08. The Morgan fingerprint density at radius 2 is 1.75 bits per heavy atom. The van der Waals surface area contributed by atoms with E-state index in [9.17, 15) is 22.8 Å². The number of aromatic nitrogens is 2. The minimum absolute atomic E-state index is 0.0115. The maximum Gasteiger partial charge on any atom is 0.274 e. The van der Waals surface area contributed by atoms with Gasteiger partial charge in [0.05, 0.1) is 17.4 Å². The Hall–Kier alpha value is -3.79. The highest BCUT2D eigenvalue weighted by Gasteiger charge is 2.35. The summed E-state index contributed by atoms with van der Waals surface area (Å²) < 4.78 is 42.9. The van der Waals surface area contributed by atoms with Gasteiger partial charge in [-0.1, -0.05) is 13.0 Å². The highest BCUT2D eigenvalue weighted by atomic mass is 19.1. The number of pyridine rings is 2. The number of benzene rings is 1. The molecule has 3 aromatic rings. The molecule has 1 fully saturated rings. The van der Waals surface area contributed by atoms with Crippen LogP contribution in [0, 0.1) is 23.4 Å². The van der Waals surface area contributed by atoms with Crippen molar-refractivity contribution in [1.82, 2.24) is 15.3 Å². The molecule has 0 saturated heterocycles. The summed E-state index contributed by atoms with van der Waals surface area (Å²) in [7, 11) is 0. The number of halogens is 3. The average Bonchev–Trinajstić information content (AvgIpc) is 2.82. The molecule has 4 rings (SSSR count). The molecule has 4 atom stereocenters. The molecule has 0 radical (unpaired) electrons. The molecule has 2 heterocycles. The van der Waals surface area contributed by atoms with E-state index < -0.39 is 34.6 Å². The summed E-state index contributed by atoms with van der Waals surface area (Å²) >= 11 is 0. The molecule has 7 nitrogen and oxygen atoms in total. The van der Waals surface area contributed by atoms with Crippen molar-refractivity contribution in [3.8, 4) is 11.3 Å². The first-order chi connectivity index (χ1) is 17.2. The smallest absolute Gasteiger partial charge is 0.274 e. The van der Waals surface area contributed by atoms with Gasteiger partial charge < -0.3 is 16.4 Å². The molecule has 0 spiro atoms. The van der Waals surface area contributed by atoms with Crippen LogP contribution in [0.25, 0.3) is 11.3 Å². The lowest BCUT2D eigenvalue weighted by Crippen LogP contribution is -2.54. The molecule has 1 aromatic carbocycles. The van der Waals surface area contributed by atoms with E-state index in [0.717, 1.165) is 42.3 Å². The number of carbonyl (C=O) groups is 2. The number of rotatable bonds is 5. The van der Waals surface area contributed by atoms with Crippen LogP contribution in [-0.4, -0.2) is 33.9 Å². The lowest BCUT2D eigenvalue weighted by molar-refractivity contribution is -0.120. The van der Waals surface area contributed by atoms with Crippen LogP contribution in [0.15, 0.2) is 48.8 Å². The standard InChI is InChI=1S/C26H26F3N5O2/c1-13-10-15(11-20(30)24(13)32-14(2)35)16-8-9-31-12-22(16)34-26(36)21-7-6-19(29)25(33-21)23-17(27)4-3-5-18(23)28/h3-9,12-13,15,20,24H,10-11,30H2,1-2H3,(H,32,35)(H,34,36). The van der Waals surface area contributed by atoms with E-state index in [-0.39, 0.29) is 35.5 Å². The average molecular weight is 498 g/mol. The van der Waals surface area contributed by atoms with Crippen molar-refractivity contribution >= 4 is 17.5 Å². The molecule has 2 aromatic heterocycles. The van der Waals surface area contributed by atoms with Gasteiger partial charge in [0, 0.05) is 25.2 Å². The third-order valence-corrected chi connectivity index (χ3v) is 6.48. The third-order valence-electron chi connectivity index (χ3n) is 6.48. The van der Waals surface area contributed by atoms with Crippen molar-refractivity contribution in [2.75, 3.05) is 5.32 Å². The molecule has 0 bridgehead atoms. The van der Waals surface area contributed by atoms with Gasteiger partial charge in [-0.05, 0) is 60.6 Å². The predicted molar refractivity (Wildman–Crippen MR) is 128 cm³/mol. The highest BCUT2D eigenvalue weighted by Crippen LogP contribution is 2.38. The number of anilines is 1. The molecular formula is C26H26F3N5O2. The van der Waals surface area contributed by atoms with E-state index in [1.807, 2.05) is 6.92 Å².